The highest BCUT2D eigenvalue weighted by Gasteiger charge is 2.20. The van der Waals surface area contributed by atoms with Crippen molar-refractivity contribution in [2.75, 3.05) is 10.5 Å². The monoisotopic (exact) mass is 388 g/mol. The van der Waals surface area contributed by atoms with Gasteiger partial charge in [-0.2, -0.15) is 0 Å². The molecule has 0 aliphatic rings. The van der Waals surface area contributed by atoms with Gasteiger partial charge in [0.05, 0.1) is 10.7 Å². The smallest absolute Gasteiger partial charge is 0.263 e. The Morgan fingerprint density at radius 3 is 2.43 bits per heavy atom. The number of nitrogen functional groups attached to an aromatic ring is 1. The molecule has 21 heavy (non-hydrogen) atoms. The van der Waals surface area contributed by atoms with E-state index in [1.807, 2.05) is 26.0 Å². The average molecular weight is 390 g/mol. The van der Waals surface area contributed by atoms with Gasteiger partial charge in [-0.15, -0.1) is 0 Å². The van der Waals surface area contributed by atoms with E-state index in [2.05, 4.69) is 20.7 Å². The zero-order valence-corrected chi connectivity index (χ0v) is 14.6. The van der Waals surface area contributed by atoms with Gasteiger partial charge in [-0.3, -0.25) is 4.72 Å². The second kappa shape index (κ2) is 5.87. The Bertz CT molecular complexity index is 784. The van der Waals surface area contributed by atoms with Crippen LogP contribution in [-0.2, 0) is 10.0 Å². The van der Waals surface area contributed by atoms with Crippen molar-refractivity contribution < 1.29 is 8.42 Å². The highest BCUT2D eigenvalue weighted by Crippen LogP contribution is 2.31. The molecule has 4 nitrogen and oxygen atoms in total. The molecule has 0 aliphatic heterocycles. The van der Waals surface area contributed by atoms with Gasteiger partial charge in [0.15, 0.2) is 0 Å². The summed E-state index contributed by atoms with van der Waals surface area (Å²) in [6.07, 6.45) is 0. The molecule has 0 fully saturated rings. The normalized spacial score (nSPS) is 11.4. The minimum Gasteiger partial charge on any atom is -0.399 e. The molecule has 2 rings (SSSR count). The molecule has 0 saturated heterocycles. The van der Waals surface area contributed by atoms with Crippen LogP contribution in [0.15, 0.2) is 39.7 Å². The van der Waals surface area contributed by atoms with Gasteiger partial charge in [0.25, 0.3) is 10.0 Å². The van der Waals surface area contributed by atoms with Crippen molar-refractivity contribution >= 4 is 48.9 Å². The van der Waals surface area contributed by atoms with E-state index in [9.17, 15) is 8.42 Å². The summed E-state index contributed by atoms with van der Waals surface area (Å²) < 4.78 is 28.2. The van der Waals surface area contributed by atoms with E-state index >= 15 is 0 Å². The van der Waals surface area contributed by atoms with Gasteiger partial charge >= 0.3 is 0 Å². The maximum absolute atomic E-state index is 12.5. The third-order valence-electron chi connectivity index (χ3n) is 2.91. The molecular weight excluding hydrogens is 376 g/mol. The van der Waals surface area contributed by atoms with Crippen LogP contribution in [0.5, 0.6) is 0 Å². The van der Waals surface area contributed by atoms with E-state index in [4.69, 9.17) is 17.3 Å². The molecule has 0 amide bonds. The molecule has 0 aliphatic carbocycles. The number of aryl methyl sites for hydroxylation is 2. The predicted octanol–water partition coefficient (Wildman–Crippen LogP) is 4.10. The van der Waals surface area contributed by atoms with Crippen LogP contribution in [0, 0.1) is 13.8 Å². The van der Waals surface area contributed by atoms with Gasteiger partial charge in [-0.25, -0.2) is 8.42 Å². The highest BCUT2D eigenvalue weighted by atomic mass is 79.9. The summed E-state index contributed by atoms with van der Waals surface area (Å²) in [4.78, 5) is -0.00904. The molecule has 0 saturated carbocycles. The summed E-state index contributed by atoms with van der Waals surface area (Å²) in [5.74, 6) is 0. The average Bonchev–Trinajstić information content (AvgIpc) is 2.33. The molecule has 7 heteroatoms. The maximum Gasteiger partial charge on any atom is 0.263 e. The number of rotatable bonds is 3. The van der Waals surface area contributed by atoms with Gasteiger partial charge in [-0.1, -0.05) is 17.7 Å². The first-order valence-electron chi connectivity index (χ1n) is 6.05. The number of benzene rings is 2. The second-order valence-corrected chi connectivity index (χ2v) is 7.65. The lowest BCUT2D eigenvalue weighted by molar-refractivity contribution is 0.601. The predicted molar refractivity (Wildman–Crippen MR) is 90.3 cm³/mol. The first-order valence-corrected chi connectivity index (χ1v) is 8.71. The van der Waals surface area contributed by atoms with Crippen molar-refractivity contribution in [1.82, 2.24) is 0 Å². The minimum absolute atomic E-state index is 0.00904. The van der Waals surface area contributed by atoms with E-state index in [-0.39, 0.29) is 9.92 Å². The fraction of sp³-hybridized carbons (Fsp3) is 0.143. The van der Waals surface area contributed by atoms with E-state index in [1.54, 1.807) is 0 Å². The standard InChI is InChI=1S/C14H14BrClN2O2S/c1-8-5-9(2)14(11(15)6-8)18-21(19,20)13-4-3-10(17)7-12(13)16/h3-7,18H,17H2,1-2H3. The van der Waals surface area contributed by atoms with Crippen molar-refractivity contribution in [2.45, 2.75) is 18.7 Å². The van der Waals surface area contributed by atoms with Crippen LogP contribution in [0.25, 0.3) is 0 Å². The third-order valence-corrected chi connectivity index (χ3v) is 5.37. The van der Waals surface area contributed by atoms with Crippen LogP contribution in [0.3, 0.4) is 0 Å². The fourth-order valence-electron chi connectivity index (χ4n) is 1.97. The fourth-order valence-corrected chi connectivity index (χ4v) is 4.58. The highest BCUT2D eigenvalue weighted by molar-refractivity contribution is 9.10. The lowest BCUT2D eigenvalue weighted by Gasteiger charge is -2.14. The van der Waals surface area contributed by atoms with Crippen LogP contribution in [0.1, 0.15) is 11.1 Å². The van der Waals surface area contributed by atoms with E-state index in [0.29, 0.717) is 15.8 Å². The molecule has 0 bridgehead atoms. The number of nitrogens with two attached hydrogens (primary N) is 1. The molecule has 0 unspecified atom stereocenters. The van der Waals surface area contributed by atoms with Gasteiger partial charge < -0.3 is 5.73 Å². The Morgan fingerprint density at radius 2 is 1.86 bits per heavy atom. The third kappa shape index (κ3) is 3.51. The molecule has 0 spiro atoms. The van der Waals surface area contributed by atoms with Crippen LogP contribution < -0.4 is 10.5 Å². The summed E-state index contributed by atoms with van der Waals surface area (Å²) >= 11 is 9.35. The van der Waals surface area contributed by atoms with E-state index < -0.39 is 10.0 Å². The molecule has 3 N–H and O–H groups in total. The molecule has 0 heterocycles. The van der Waals surface area contributed by atoms with Crippen molar-refractivity contribution in [1.29, 1.82) is 0 Å². The van der Waals surface area contributed by atoms with Crippen molar-refractivity contribution in [3.05, 3.63) is 51.0 Å². The number of sulfonamides is 1. The summed E-state index contributed by atoms with van der Waals surface area (Å²) in [5, 5.41) is 0.0865. The first-order chi connectivity index (χ1) is 9.70. The maximum atomic E-state index is 12.5. The van der Waals surface area contributed by atoms with E-state index in [1.165, 1.54) is 18.2 Å². The van der Waals surface area contributed by atoms with Crippen molar-refractivity contribution in [2.24, 2.45) is 0 Å². The van der Waals surface area contributed by atoms with Crippen LogP contribution >= 0.6 is 27.5 Å². The first kappa shape index (κ1) is 16.1. The van der Waals surface area contributed by atoms with Gasteiger partial charge in [-0.05, 0) is 65.2 Å². The SMILES string of the molecule is Cc1cc(C)c(NS(=O)(=O)c2ccc(N)cc2Cl)c(Br)c1. The van der Waals surface area contributed by atoms with Gasteiger partial charge in [0.1, 0.15) is 4.90 Å². The zero-order chi connectivity index (χ0) is 15.8. The Balaban J connectivity index is 2.47. The molecule has 0 radical (unpaired) electrons. The zero-order valence-electron chi connectivity index (χ0n) is 11.4. The van der Waals surface area contributed by atoms with Gasteiger partial charge in [0, 0.05) is 10.2 Å². The molecule has 0 aromatic heterocycles. The topological polar surface area (TPSA) is 72.2 Å². The minimum atomic E-state index is -3.79. The summed E-state index contributed by atoms with van der Waals surface area (Å²) in [6.45, 7) is 3.77. The number of halogens is 2. The second-order valence-electron chi connectivity index (χ2n) is 4.73. The molecule has 0 atom stereocenters. The van der Waals surface area contributed by atoms with Gasteiger partial charge in [0.2, 0.25) is 0 Å². The Morgan fingerprint density at radius 1 is 1.19 bits per heavy atom. The number of hydrogen-bond acceptors (Lipinski definition) is 3. The summed E-state index contributed by atoms with van der Waals surface area (Å²) in [6, 6.07) is 8.03. The molecular formula is C14H14BrClN2O2S. The lowest BCUT2D eigenvalue weighted by atomic mass is 10.1. The summed E-state index contributed by atoms with van der Waals surface area (Å²) in [5.41, 5.74) is 8.34. The molecule has 112 valence electrons. The van der Waals surface area contributed by atoms with Crippen LogP contribution in [-0.4, -0.2) is 8.42 Å². The Hall–Kier alpha value is -1.24. The Labute approximate surface area is 137 Å². The summed E-state index contributed by atoms with van der Waals surface area (Å²) in [7, 11) is -3.79. The molecule has 2 aromatic carbocycles. The number of hydrogen-bond donors (Lipinski definition) is 2. The Kier molecular flexibility index (Phi) is 4.51. The van der Waals surface area contributed by atoms with Crippen molar-refractivity contribution in [3.8, 4) is 0 Å². The van der Waals surface area contributed by atoms with Crippen LogP contribution in [0.2, 0.25) is 5.02 Å². The lowest BCUT2D eigenvalue weighted by Crippen LogP contribution is -2.15. The number of nitrogens with one attached hydrogen (secondary N) is 1. The van der Waals surface area contributed by atoms with Crippen LogP contribution in [0.4, 0.5) is 11.4 Å². The number of anilines is 2. The van der Waals surface area contributed by atoms with Crippen molar-refractivity contribution in [3.63, 3.8) is 0 Å². The largest absolute Gasteiger partial charge is 0.399 e. The molecule has 2 aromatic rings. The quantitative estimate of drug-likeness (QED) is 0.776. The van der Waals surface area contributed by atoms with E-state index in [0.717, 1.165) is 11.1 Å².